The standard InChI is InChI=1S/C20H38/c1-4-7-8-9-10-11-12-13-14-15-17-20-18(6-3)19(20)16-5-2/h13-14,18-20H,4-12,15-17H2,1-3H3. The summed E-state index contributed by atoms with van der Waals surface area (Å²) in [4.78, 5) is 0. The minimum atomic E-state index is 1.07. The van der Waals surface area contributed by atoms with Crippen LogP contribution in [0, 0.1) is 17.8 Å². The van der Waals surface area contributed by atoms with E-state index in [9.17, 15) is 0 Å². The molecule has 1 rings (SSSR count). The smallest absolute Gasteiger partial charge is 0.0348 e. The van der Waals surface area contributed by atoms with E-state index in [4.69, 9.17) is 0 Å². The van der Waals surface area contributed by atoms with E-state index in [0.29, 0.717) is 0 Å². The fourth-order valence-electron chi connectivity index (χ4n) is 3.89. The van der Waals surface area contributed by atoms with Gasteiger partial charge in [0, 0.05) is 0 Å². The van der Waals surface area contributed by atoms with E-state index in [1.807, 2.05) is 0 Å². The molecular weight excluding hydrogens is 240 g/mol. The van der Waals surface area contributed by atoms with Crippen LogP contribution in [0.2, 0.25) is 0 Å². The molecule has 118 valence electrons. The van der Waals surface area contributed by atoms with Gasteiger partial charge in [-0.2, -0.15) is 0 Å². The predicted molar refractivity (Wildman–Crippen MR) is 92.0 cm³/mol. The predicted octanol–water partition coefficient (Wildman–Crippen LogP) is 7.15. The zero-order chi connectivity index (χ0) is 14.6. The molecule has 20 heavy (non-hydrogen) atoms. The first-order valence-electron chi connectivity index (χ1n) is 9.50. The lowest BCUT2D eigenvalue weighted by molar-refractivity contribution is 0.601. The van der Waals surface area contributed by atoms with Crippen molar-refractivity contribution in [3.05, 3.63) is 12.2 Å². The van der Waals surface area contributed by atoms with Gasteiger partial charge in [-0.3, -0.25) is 0 Å². The van der Waals surface area contributed by atoms with Crippen LogP contribution >= 0.6 is 0 Å². The molecule has 1 aliphatic rings. The second-order valence-electron chi connectivity index (χ2n) is 6.79. The Bertz CT molecular complexity index is 240. The summed E-state index contributed by atoms with van der Waals surface area (Å²) in [5.74, 6) is 3.22. The molecular formula is C20H38. The second-order valence-corrected chi connectivity index (χ2v) is 6.79. The van der Waals surface area contributed by atoms with Gasteiger partial charge in [0.1, 0.15) is 0 Å². The maximum absolute atomic E-state index is 2.46. The summed E-state index contributed by atoms with van der Waals surface area (Å²) in [6.07, 6.45) is 21.8. The van der Waals surface area contributed by atoms with E-state index >= 15 is 0 Å². The fraction of sp³-hybridized carbons (Fsp3) is 0.900. The summed E-state index contributed by atoms with van der Waals surface area (Å²) in [7, 11) is 0. The van der Waals surface area contributed by atoms with Crippen molar-refractivity contribution in [2.45, 2.75) is 97.8 Å². The summed E-state index contributed by atoms with van der Waals surface area (Å²) in [6, 6.07) is 0. The highest BCUT2D eigenvalue weighted by atomic mass is 14.5. The normalized spacial score (nSPS) is 25.4. The van der Waals surface area contributed by atoms with E-state index in [2.05, 4.69) is 32.9 Å². The highest BCUT2D eigenvalue weighted by molar-refractivity contribution is 4.97. The lowest BCUT2D eigenvalue weighted by Gasteiger charge is -1.98. The summed E-state index contributed by atoms with van der Waals surface area (Å²) < 4.78 is 0. The van der Waals surface area contributed by atoms with Gasteiger partial charge >= 0.3 is 0 Å². The fourth-order valence-corrected chi connectivity index (χ4v) is 3.89. The zero-order valence-corrected chi connectivity index (χ0v) is 14.4. The maximum Gasteiger partial charge on any atom is -0.0348 e. The largest absolute Gasteiger partial charge is 0.0885 e. The molecule has 1 fully saturated rings. The molecule has 0 heterocycles. The number of hydrogen-bond acceptors (Lipinski definition) is 0. The molecule has 3 atom stereocenters. The van der Waals surface area contributed by atoms with Gasteiger partial charge in [-0.15, -0.1) is 0 Å². The SMILES string of the molecule is CCCCCCCCC=CCCC1C(CC)C1CCC. The van der Waals surface area contributed by atoms with E-state index in [1.165, 1.54) is 77.0 Å². The Morgan fingerprint density at radius 1 is 0.600 bits per heavy atom. The Morgan fingerprint density at radius 2 is 1.25 bits per heavy atom. The molecule has 0 aromatic rings. The highest BCUT2D eigenvalue weighted by Crippen LogP contribution is 2.53. The minimum Gasteiger partial charge on any atom is -0.0885 e. The molecule has 1 saturated carbocycles. The van der Waals surface area contributed by atoms with Crippen molar-refractivity contribution < 1.29 is 0 Å². The first-order chi connectivity index (χ1) is 9.85. The molecule has 3 unspecified atom stereocenters. The zero-order valence-electron chi connectivity index (χ0n) is 14.4. The number of rotatable bonds is 13. The van der Waals surface area contributed by atoms with E-state index in [-0.39, 0.29) is 0 Å². The molecule has 0 bridgehead atoms. The molecule has 0 aliphatic heterocycles. The Morgan fingerprint density at radius 3 is 1.95 bits per heavy atom. The van der Waals surface area contributed by atoms with Crippen molar-refractivity contribution in [3.8, 4) is 0 Å². The Kier molecular flexibility index (Phi) is 10.1. The van der Waals surface area contributed by atoms with Crippen LogP contribution in [-0.2, 0) is 0 Å². The van der Waals surface area contributed by atoms with Gasteiger partial charge in [0.05, 0.1) is 0 Å². The van der Waals surface area contributed by atoms with Gasteiger partial charge in [0.25, 0.3) is 0 Å². The third kappa shape index (κ3) is 6.95. The summed E-state index contributed by atoms with van der Waals surface area (Å²) in [6.45, 7) is 7.00. The molecule has 0 aromatic carbocycles. The topological polar surface area (TPSA) is 0 Å². The first-order valence-corrected chi connectivity index (χ1v) is 9.50. The molecule has 1 aliphatic carbocycles. The maximum atomic E-state index is 2.46. The van der Waals surface area contributed by atoms with Crippen molar-refractivity contribution in [2.24, 2.45) is 17.8 Å². The molecule has 0 aromatic heterocycles. The number of hydrogen-bond donors (Lipinski definition) is 0. The van der Waals surface area contributed by atoms with Crippen LogP contribution in [0.5, 0.6) is 0 Å². The Balaban J connectivity index is 1.92. The lowest BCUT2D eigenvalue weighted by atomic mass is 10.1. The summed E-state index contributed by atoms with van der Waals surface area (Å²) >= 11 is 0. The van der Waals surface area contributed by atoms with Crippen molar-refractivity contribution >= 4 is 0 Å². The van der Waals surface area contributed by atoms with Crippen LogP contribution in [0.25, 0.3) is 0 Å². The Labute approximate surface area is 128 Å². The van der Waals surface area contributed by atoms with Crippen molar-refractivity contribution in [2.75, 3.05) is 0 Å². The van der Waals surface area contributed by atoms with Crippen LogP contribution in [0.15, 0.2) is 12.2 Å². The third-order valence-electron chi connectivity index (χ3n) is 5.16. The average Bonchev–Trinajstić information content (AvgIpc) is 3.13. The number of unbranched alkanes of at least 4 members (excludes halogenated alkanes) is 6. The van der Waals surface area contributed by atoms with Crippen molar-refractivity contribution in [1.82, 2.24) is 0 Å². The van der Waals surface area contributed by atoms with E-state index in [1.54, 1.807) is 0 Å². The summed E-state index contributed by atoms with van der Waals surface area (Å²) in [5.41, 5.74) is 0. The van der Waals surface area contributed by atoms with Gasteiger partial charge in [0.2, 0.25) is 0 Å². The van der Waals surface area contributed by atoms with E-state index < -0.39 is 0 Å². The average molecular weight is 279 g/mol. The van der Waals surface area contributed by atoms with Gasteiger partial charge in [-0.1, -0.05) is 84.3 Å². The lowest BCUT2D eigenvalue weighted by Crippen LogP contribution is -1.82. The molecule has 0 nitrogen and oxygen atoms in total. The van der Waals surface area contributed by atoms with Crippen LogP contribution in [0.3, 0.4) is 0 Å². The van der Waals surface area contributed by atoms with Crippen LogP contribution in [0.4, 0.5) is 0 Å². The molecule has 0 amide bonds. The molecule has 0 spiro atoms. The summed E-state index contributed by atoms with van der Waals surface area (Å²) in [5, 5.41) is 0. The molecule has 0 heteroatoms. The first kappa shape index (κ1) is 17.8. The van der Waals surface area contributed by atoms with Crippen LogP contribution in [-0.4, -0.2) is 0 Å². The van der Waals surface area contributed by atoms with Crippen molar-refractivity contribution in [3.63, 3.8) is 0 Å². The molecule has 0 radical (unpaired) electrons. The molecule has 0 saturated heterocycles. The van der Waals surface area contributed by atoms with Gasteiger partial charge in [0.15, 0.2) is 0 Å². The Hall–Kier alpha value is -0.260. The highest BCUT2D eigenvalue weighted by Gasteiger charge is 2.46. The van der Waals surface area contributed by atoms with Crippen molar-refractivity contribution in [1.29, 1.82) is 0 Å². The van der Waals surface area contributed by atoms with Gasteiger partial charge in [-0.25, -0.2) is 0 Å². The third-order valence-corrected chi connectivity index (χ3v) is 5.16. The molecule has 0 N–H and O–H groups in total. The van der Waals surface area contributed by atoms with Gasteiger partial charge < -0.3 is 0 Å². The van der Waals surface area contributed by atoms with E-state index in [0.717, 1.165) is 17.8 Å². The van der Waals surface area contributed by atoms with Crippen LogP contribution < -0.4 is 0 Å². The van der Waals surface area contributed by atoms with Crippen LogP contribution in [0.1, 0.15) is 97.8 Å². The number of allylic oxidation sites excluding steroid dienone is 2. The second kappa shape index (κ2) is 11.4. The quantitative estimate of drug-likeness (QED) is 0.248. The monoisotopic (exact) mass is 278 g/mol. The minimum absolute atomic E-state index is 1.07. The van der Waals surface area contributed by atoms with Gasteiger partial charge in [-0.05, 0) is 43.4 Å².